The number of hydrogen-bond donors (Lipinski definition) is 2. The molecule has 1 rings (SSSR count). The van der Waals surface area contributed by atoms with Crippen LogP contribution in [0.5, 0.6) is 0 Å². The minimum atomic E-state index is -4.12. The van der Waals surface area contributed by atoms with Crippen LogP contribution in [0.4, 0.5) is 13.2 Å². The maximum atomic E-state index is 12.6. The number of halogens is 3. The topological polar surface area (TPSA) is 55.1 Å². The van der Waals surface area contributed by atoms with Crippen LogP contribution in [0, 0.1) is 17.8 Å². The molecule has 3 nitrogen and oxygen atoms in total. The molecular weight excluding hydrogens is 281 g/mol. The van der Waals surface area contributed by atoms with Crippen molar-refractivity contribution in [1.82, 2.24) is 5.32 Å². The highest BCUT2D eigenvalue weighted by Crippen LogP contribution is 2.39. The summed E-state index contributed by atoms with van der Waals surface area (Å²) in [7, 11) is 0. The minimum Gasteiger partial charge on any atom is -0.356 e. The van der Waals surface area contributed by atoms with Crippen LogP contribution < -0.4 is 11.1 Å². The molecule has 1 atom stereocenters. The van der Waals surface area contributed by atoms with E-state index < -0.39 is 12.1 Å². The van der Waals surface area contributed by atoms with Gasteiger partial charge in [-0.15, -0.1) is 0 Å². The van der Waals surface area contributed by atoms with Crippen molar-refractivity contribution in [2.45, 2.75) is 58.0 Å². The summed E-state index contributed by atoms with van der Waals surface area (Å²) in [6, 6.07) is 0. The number of hydrogen-bond acceptors (Lipinski definition) is 2. The molecule has 0 spiro atoms. The van der Waals surface area contributed by atoms with Gasteiger partial charge < -0.3 is 11.1 Å². The number of carbonyl (C=O) groups is 1. The molecule has 21 heavy (non-hydrogen) atoms. The maximum Gasteiger partial charge on any atom is 0.391 e. The molecule has 1 aliphatic rings. The number of alkyl halides is 3. The van der Waals surface area contributed by atoms with E-state index in [0.29, 0.717) is 31.8 Å². The SMILES string of the molecule is CCCC(CCN)CNC(=O)C1CCC(C(F)(F)F)CC1. The summed E-state index contributed by atoms with van der Waals surface area (Å²) in [4.78, 5) is 12.0. The summed E-state index contributed by atoms with van der Waals surface area (Å²) in [5.41, 5.74) is 5.55. The Kier molecular flexibility index (Phi) is 7.49. The highest BCUT2D eigenvalue weighted by Gasteiger charge is 2.42. The Morgan fingerprint density at radius 3 is 2.33 bits per heavy atom. The molecular formula is C15H27F3N2O. The van der Waals surface area contributed by atoms with Gasteiger partial charge in [-0.05, 0) is 51.0 Å². The van der Waals surface area contributed by atoms with E-state index in [2.05, 4.69) is 12.2 Å². The quantitative estimate of drug-likeness (QED) is 0.758. The molecule has 124 valence electrons. The van der Waals surface area contributed by atoms with Gasteiger partial charge in [0.2, 0.25) is 5.91 Å². The lowest BCUT2D eigenvalue weighted by Crippen LogP contribution is -2.38. The van der Waals surface area contributed by atoms with Gasteiger partial charge in [0.1, 0.15) is 0 Å². The highest BCUT2D eigenvalue weighted by atomic mass is 19.4. The zero-order valence-corrected chi connectivity index (χ0v) is 12.7. The third-order valence-electron chi connectivity index (χ3n) is 4.40. The molecule has 0 aliphatic heterocycles. The van der Waals surface area contributed by atoms with E-state index in [-0.39, 0.29) is 24.7 Å². The molecule has 0 aromatic carbocycles. The van der Waals surface area contributed by atoms with Crippen LogP contribution in [0.3, 0.4) is 0 Å². The molecule has 0 aromatic heterocycles. The Morgan fingerprint density at radius 1 is 1.24 bits per heavy atom. The molecule has 0 saturated heterocycles. The second-order valence-corrected chi connectivity index (χ2v) is 6.07. The smallest absolute Gasteiger partial charge is 0.356 e. The number of nitrogens with one attached hydrogen (secondary N) is 1. The van der Waals surface area contributed by atoms with E-state index in [9.17, 15) is 18.0 Å². The predicted octanol–water partition coefficient (Wildman–Crippen LogP) is 3.24. The molecule has 1 fully saturated rings. The first kappa shape index (κ1) is 18.3. The van der Waals surface area contributed by atoms with E-state index in [1.165, 1.54) is 0 Å². The Balaban J connectivity index is 2.33. The molecule has 1 saturated carbocycles. The van der Waals surface area contributed by atoms with Crippen molar-refractivity contribution in [3.63, 3.8) is 0 Å². The van der Waals surface area contributed by atoms with E-state index in [1.54, 1.807) is 0 Å². The fraction of sp³-hybridized carbons (Fsp3) is 0.933. The lowest BCUT2D eigenvalue weighted by molar-refractivity contribution is -0.184. The van der Waals surface area contributed by atoms with Gasteiger partial charge in [0.05, 0.1) is 5.92 Å². The molecule has 1 unspecified atom stereocenters. The van der Waals surface area contributed by atoms with Crippen molar-refractivity contribution >= 4 is 5.91 Å². The first-order chi connectivity index (χ1) is 9.88. The monoisotopic (exact) mass is 308 g/mol. The zero-order valence-electron chi connectivity index (χ0n) is 12.7. The number of rotatable bonds is 7. The van der Waals surface area contributed by atoms with Crippen molar-refractivity contribution < 1.29 is 18.0 Å². The average Bonchev–Trinajstić information content (AvgIpc) is 2.44. The van der Waals surface area contributed by atoms with E-state index in [0.717, 1.165) is 19.3 Å². The lowest BCUT2D eigenvalue weighted by atomic mass is 9.81. The van der Waals surface area contributed by atoms with Crippen LogP contribution in [0.25, 0.3) is 0 Å². The van der Waals surface area contributed by atoms with Gasteiger partial charge in [-0.1, -0.05) is 13.3 Å². The molecule has 1 aliphatic carbocycles. The standard InChI is InChI=1S/C15H27F3N2O/c1-2-3-11(8-9-19)10-20-14(21)12-4-6-13(7-5-12)15(16,17)18/h11-13H,2-10,19H2,1H3,(H,20,21). The summed E-state index contributed by atoms with van der Waals surface area (Å²) >= 11 is 0. The van der Waals surface area contributed by atoms with Crippen molar-refractivity contribution in [3.8, 4) is 0 Å². The van der Waals surface area contributed by atoms with Gasteiger partial charge in [0.25, 0.3) is 0 Å². The van der Waals surface area contributed by atoms with Crippen molar-refractivity contribution in [3.05, 3.63) is 0 Å². The normalized spacial score (nSPS) is 24.6. The molecule has 1 amide bonds. The molecule has 0 bridgehead atoms. The third-order valence-corrected chi connectivity index (χ3v) is 4.40. The van der Waals surface area contributed by atoms with Crippen LogP contribution in [0.15, 0.2) is 0 Å². The van der Waals surface area contributed by atoms with Crippen molar-refractivity contribution in [2.75, 3.05) is 13.1 Å². The van der Waals surface area contributed by atoms with Crippen LogP contribution >= 0.6 is 0 Å². The van der Waals surface area contributed by atoms with Gasteiger partial charge in [-0.25, -0.2) is 0 Å². The summed E-state index contributed by atoms with van der Waals surface area (Å²) in [5.74, 6) is -1.21. The fourth-order valence-electron chi connectivity index (χ4n) is 3.06. The molecule has 0 heterocycles. The predicted molar refractivity (Wildman–Crippen MR) is 76.6 cm³/mol. The van der Waals surface area contributed by atoms with E-state index >= 15 is 0 Å². The lowest BCUT2D eigenvalue weighted by Gasteiger charge is -2.29. The second kappa shape index (κ2) is 8.61. The first-order valence-electron chi connectivity index (χ1n) is 7.93. The van der Waals surface area contributed by atoms with Crippen molar-refractivity contribution in [2.24, 2.45) is 23.5 Å². The largest absolute Gasteiger partial charge is 0.391 e. The Morgan fingerprint density at radius 2 is 1.86 bits per heavy atom. The zero-order chi connectivity index (χ0) is 15.9. The molecule has 0 aromatic rings. The summed E-state index contributed by atoms with van der Waals surface area (Å²) in [6.45, 7) is 3.27. The van der Waals surface area contributed by atoms with Crippen LogP contribution in [-0.2, 0) is 4.79 Å². The van der Waals surface area contributed by atoms with E-state index in [1.807, 2.05) is 0 Å². The Labute approximate surface area is 124 Å². The van der Waals surface area contributed by atoms with E-state index in [4.69, 9.17) is 5.73 Å². The summed E-state index contributed by atoms with van der Waals surface area (Å²) < 4.78 is 37.7. The summed E-state index contributed by atoms with van der Waals surface area (Å²) in [6.07, 6.45) is -0.374. The maximum absolute atomic E-state index is 12.6. The average molecular weight is 308 g/mol. The minimum absolute atomic E-state index is 0.0722. The third kappa shape index (κ3) is 6.24. The molecule has 6 heteroatoms. The van der Waals surface area contributed by atoms with Crippen LogP contribution in [0.2, 0.25) is 0 Å². The van der Waals surface area contributed by atoms with Crippen LogP contribution in [0.1, 0.15) is 51.9 Å². The fourth-order valence-corrected chi connectivity index (χ4v) is 3.06. The molecule has 0 radical (unpaired) electrons. The van der Waals surface area contributed by atoms with Crippen molar-refractivity contribution in [1.29, 1.82) is 0 Å². The van der Waals surface area contributed by atoms with Gasteiger partial charge in [0.15, 0.2) is 0 Å². The summed E-state index contributed by atoms with van der Waals surface area (Å²) in [5, 5.41) is 2.90. The van der Waals surface area contributed by atoms with Gasteiger partial charge in [0, 0.05) is 12.5 Å². The molecule has 3 N–H and O–H groups in total. The van der Waals surface area contributed by atoms with Gasteiger partial charge in [-0.3, -0.25) is 4.79 Å². The van der Waals surface area contributed by atoms with Gasteiger partial charge in [-0.2, -0.15) is 13.2 Å². The second-order valence-electron chi connectivity index (χ2n) is 6.07. The number of carbonyl (C=O) groups excluding carboxylic acids is 1. The number of nitrogens with two attached hydrogens (primary N) is 1. The van der Waals surface area contributed by atoms with Crippen LogP contribution in [-0.4, -0.2) is 25.2 Å². The highest BCUT2D eigenvalue weighted by molar-refractivity contribution is 5.78. The Bertz CT molecular complexity index is 307. The number of amides is 1. The Hall–Kier alpha value is -0.780. The van der Waals surface area contributed by atoms with Gasteiger partial charge >= 0.3 is 6.18 Å². The first-order valence-corrected chi connectivity index (χ1v) is 7.93.